The Bertz CT molecular complexity index is 1200. The number of carbonyl (C=O) groups is 1. The van der Waals surface area contributed by atoms with Crippen LogP contribution in [0.25, 0.3) is 6.08 Å². The summed E-state index contributed by atoms with van der Waals surface area (Å²) in [5.74, 6) is 0.766. The van der Waals surface area contributed by atoms with Gasteiger partial charge in [-0.25, -0.2) is 0 Å². The molecule has 0 radical (unpaired) electrons. The standard InChI is InChI=1S/C24H17BrClNO3S2/c1-29-20-12-16(11-19(26)22(20)30-14-15-7-9-17(25)10-8-15)13-21-23(28)27(24(31)32-21)18-5-3-2-4-6-18/h2-13H,14H2,1H3/b21-13+. The van der Waals surface area contributed by atoms with Gasteiger partial charge in [0.1, 0.15) is 6.61 Å². The Morgan fingerprint density at radius 1 is 1.12 bits per heavy atom. The summed E-state index contributed by atoms with van der Waals surface area (Å²) in [6.07, 6.45) is 1.76. The van der Waals surface area contributed by atoms with Crippen LogP contribution >= 0.6 is 51.5 Å². The molecule has 0 spiro atoms. The van der Waals surface area contributed by atoms with Crippen LogP contribution < -0.4 is 14.4 Å². The maximum atomic E-state index is 13.0. The van der Waals surface area contributed by atoms with Gasteiger partial charge < -0.3 is 9.47 Å². The van der Waals surface area contributed by atoms with Gasteiger partial charge in [-0.1, -0.05) is 81.8 Å². The minimum Gasteiger partial charge on any atom is -0.493 e. The van der Waals surface area contributed by atoms with Crippen molar-refractivity contribution in [3.8, 4) is 11.5 Å². The first-order valence-electron chi connectivity index (χ1n) is 9.54. The van der Waals surface area contributed by atoms with Crippen molar-refractivity contribution in [3.63, 3.8) is 0 Å². The van der Waals surface area contributed by atoms with Gasteiger partial charge in [0, 0.05) is 4.47 Å². The molecule has 1 aliphatic rings. The van der Waals surface area contributed by atoms with Crippen molar-refractivity contribution in [3.05, 3.63) is 92.3 Å². The summed E-state index contributed by atoms with van der Waals surface area (Å²) in [5.41, 5.74) is 2.46. The minimum absolute atomic E-state index is 0.170. The summed E-state index contributed by atoms with van der Waals surface area (Å²) in [6.45, 7) is 0.346. The summed E-state index contributed by atoms with van der Waals surface area (Å²) < 4.78 is 12.9. The molecule has 0 unspecified atom stereocenters. The number of hydrogen-bond donors (Lipinski definition) is 0. The number of carbonyl (C=O) groups excluding carboxylic acids is 1. The monoisotopic (exact) mass is 545 g/mol. The predicted octanol–water partition coefficient (Wildman–Crippen LogP) is 7.10. The van der Waals surface area contributed by atoms with E-state index in [0.29, 0.717) is 32.4 Å². The van der Waals surface area contributed by atoms with E-state index in [2.05, 4.69) is 15.9 Å². The number of benzene rings is 3. The first-order valence-corrected chi connectivity index (χ1v) is 11.9. The zero-order valence-corrected chi connectivity index (χ0v) is 20.9. The van der Waals surface area contributed by atoms with Crippen LogP contribution in [0.5, 0.6) is 11.5 Å². The summed E-state index contributed by atoms with van der Waals surface area (Å²) in [7, 11) is 1.55. The highest BCUT2D eigenvalue weighted by Gasteiger charge is 2.33. The van der Waals surface area contributed by atoms with Crippen molar-refractivity contribution in [1.82, 2.24) is 0 Å². The van der Waals surface area contributed by atoms with Gasteiger partial charge in [-0.2, -0.15) is 0 Å². The van der Waals surface area contributed by atoms with Gasteiger partial charge in [0.05, 0.1) is 22.7 Å². The molecule has 1 saturated heterocycles. The second-order valence-electron chi connectivity index (χ2n) is 6.80. The van der Waals surface area contributed by atoms with Crippen molar-refractivity contribution in [2.24, 2.45) is 0 Å². The Balaban J connectivity index is 1.57. The van der Waals surface area contributed by atoms with Crippen molar-refractivity contribution in [1.29, 1.82) is 0 Å². The van der Waals surface area contributed by atoms with Gasteiger partial charge in [-0.15, -0.1) is 0 Å². The van der Waals surface area contributed by atoms with E-state index < -0.39 is 0 Å². The molecule has 0 N–H and O–H groups in total. The zero-order chi connectivity index (χ0) is 22.7. The Labute approximate surface area is 209 Å². The molecule has 0 aromatic heterocycles. The average molecular weight is 547 g/mol. The second kappa shape index (κ2) is 10.1. The second-order valence-corrected chi connectivity index (χ2v) is 9.80. The first-order chi connectivity index (χ1) is 15.5. The van der Waals surface area contributed by atoms with Gasteiger partial charge in [0.2, 0.25) is 0 Å². The predicted molar refractivity (Wildman–Crippen MR) is 139 cm³/mol. The van der Waals surface area contributed by atoms with Gasteiger partial charge in [-0.3, -0.25) is 9.69 Å². The molecular weight excluding hydrogens is 530 g/mol. The molecule has 1 heterocycles. The molecule has 0 saturated carbocycles. The Hall–Kier alpha value is -2.32. The quantitative estimate of drug-likeness (QED) is 0.244. The molecular formula is C24H17BrClNO3S2. The van der Waals surface area contributed by atoms with Crippen molar-refractivity contribution < 1.29 is 14.3 Å². The lowest BCUT2D eigenvalue weighted by Crippen LogP contribution is -2.27. The van der Waals surface area contributed by atoms with E-state index >= 15 is 0 Å². The molecule has 32 heavy (non-hydrogen) atoms. The van der Waals surface area contributed by atoms with E-state index in [4.69, 9.17) is 33.3 Å². The lowest BCUT2D eigenvalue weighted by molar-refractivity contribution is -0.113. The smallest absolute Gasteiger partial charge is 0.270 e. The van der Waals surface area contributed by atoms with Crippen LogP contribution in [0.4, 0.5) is 5.69 Å². The number of rotatable bonds is 6. The number of hydrogen-bond acceptors (Lipinski definition) is 5. The number of thiocarbonyl (C=S) groups is 1. The number of amides is 1. The molecule has 4 nitrogen and oxygen atoms in total. The van der Waals surface area contributed by atoms with E-state index in [-0.39, 0.29) is 5.91 Å². The Morgan fingerprint density at radius 2 is 1.84 bits per heavy atom. The molecule has 3 aromatic carbocycles. The van der Waals surface area contributed by atoms with Crippen LogP contribution in [0.3, 0.4) is 0 Å². The van der Waals surface area contributed by atoms with Crippen molar-refractivity contribution in [2.75, 3.05) is 12.0 Å². The van der Waals surface area contributed by atoms with Crippen molar-refractivity contribution in [2.45, 2.75) is 6.61 Å². The highest BCUT2D eigenvalue weighted by atomic mass is 79.9. The number of halogens is 2. The summed E-state index contributed by atoms with van der Waals surface area (Å²) >= 11 is 16.6. The van der Waals surface area contributed by atoms with Crippen LogP contribution in [-0.4, -0.2) is 17.3 Å². The number of anilines is 1. The maximum Gasteiger partial charge on any atom is 0.270 e. The van der Waals surface area contributed by atoms with E-state index in [0.717, 1.165) is 21.3 Å². The van der Waals surface area contributed by atoms with Crippen LogP contribution in [0.15, 0.2) is 76.1 Å². The van der Waals surface area contributed by atoms with Gasteiger partial charge in [0.25, 0.3) is 5.91 Å². The third-order valence-corrected chi connectivity index (χ3v) is 6.77. The average Bonchev–Trinajstić information content (AvgIpc) is 3.07. The third-order valence-electron chi connectivity index (χ3n) is 4.65. The number of nitrogens with zero attached hydrogens (tertiary/aromatic N) is 1. The SMILES string of the molecule is COc1cc(/C=C2/SC(=S)N(c3ccccc3)C2=O)cc(Cl)c1OCc1ccc(Br)cc1. The molecule has 3 aromatic rings. The number of ether oxygens (including phenoxy) is 2. The molecule has 0 aliphatic carbocycles. The lowest BCUT2D eigenvalue weighted by Gasteiger charge is -2.14. The first kappa shape index (κ1) is 22.9. The molecule has 1 fully saturated rings. The topological polar surface area (TPSA) is 38.8 Å². The molecule has 1 aliphatic heterocycles. The summed E-state index contributed by atoms with van der Waals surface area (Å²) in [4.78, 5) is 15.0. The van der Waals surface area contributed by atoms with E-state index in [1.165, 1.54) is 16.7 Å². The lowest BCUT2D eigenvalue weighted by atomic mass is 10.1. The summed E-state index contributed by atoms with van der Waals surface area (Å²) in [6, 6.07) is 20.7. The third kappa shape index (κ3) is 5.02. The fourth-order valence-corrected chi connectivity index (χ4v) is 4.96. The van der Waals surface area contributed by atoms with Crippen LogP contribution in [0, 0.1) is 0 Å². The van der Waals surface area contributed by atoms with E-state index in [9.17, 15) is 4.79 Å². The molecule has 1 amide bonds. The maximum absolute atomic E-state index is 13.0. The fourth-order valence-electron chi connectivity index (χ4n) is 3.12. The zero-order valence-electron chi connectivity index (χ0n) is 16.9. The molecule has 8 heteroatoms. The number of para-hydroxylation sites is 1. The van der Waals surface area contributed by atoms with Crippen LogP contribution in [0.1, 0.15) is 11.1 Å². The molecule has 4 rings (SSSR count). The van der Waals surface area contributed by atoms with E-state index in [1.807, 2.05) is 54.6 Å². The number of methoxy groups -OCH3 is 1. The Morgan fingerprint density at radius 3 is 2.53 bits per heavy atom. The summed E-state index contributed by atoms with van der Waals surface area (Å²) in [5, 5.41) is 0.395. The molecule has 0 bridgehead atoms. The van der Waals surface area contributed by atoms with Gasteiger partial charge in [0.15, 0.2) is 15.8 Å². The number of thioether (sulfide) groups is 1. The van der Waals surface area contributed by atoms with Gasteiger partial charge in [-0.05, 0) is 53.6 Å². The normalized spacial score (nSPS) is 14.8. The van der Waals surface area contributed by atoms with Gasteiger partial charge >= 0.3 is 0 Å². The molecule has 162 valence electrons. The highest BCUT2D eigenvalue weighted by Crippen LogP contribution is 2.40. The largest absolute Gasteiger partial charge is 0.493 e. The van der Waals surface area contributed by atoms with E-state index in [1.54, 1.807) is 25.3 Å². The van der Waals surface area contributed by atoms with Crippen LogP contribution in [-0.2, 0) is 11.4 Å². The Kier molecular flexibility index (Phi) is 7.20. The highest BCUT2D eigenvalue weighted by molar-refractivity contribution is 9.10. The molecule has 0 atom stereocenters. The van der Waals surface area contributed by atoms with Crippen LogP contribution in [0.2, 0.25) is 5.02 Å². The minimum atomic E-state index is -0.170. The fraction of sp³-hybridized carbons (Fsp3) is 0.0833. The van der Waals surface area contributed by atoms with Crippen molar-refractivity contribution >= 4 is 73.5 Å².